The first kappa shape index (κ1) is 16.0. The highest BCUT2D eigenvalue weighted by molar-refractivity contribution is 5.95. The fourth-order valence-electron chi connectivity index (χ4n) is 2.84. The summed E-state index contributed by atoms with van der Waals surface area (Å²) in [5.74, 6) is 0.757. The van der Waals surface area contributed by atoms with Crippen LogP contribution in [0, 0.1) is 10.1 Å². The SMILES string of the molecule is CC(=O)c1ccc2c(c1)N(Cc1ccc([N+](=O)[O-])cc1)CC(C)O2. The number of carbonyl (C=O) groups is 1. The molecule has 24 heavy (non-hydrogen) atoms. The quantitative estimate of drug-likeness (QED) is 0.488. The lowest BCUT2D eigenvalue weighted by Crippen LogP contribution is -2.38. The van der Waals surface area contributed by atoms with Crippen LogP contribution in [0.2, 0.25) is 0 Å². The van der Waals surface area contributed by atoms with Crippen LogP contribution in [0.25, 0.3) is 0 Å². The molecule has 6 heteroatoms. The molecule has 1 unspecified atom stereocenters. The maximum absolute atomic E-state index is 11.6. The van der Waals surface area contributed by atoms with Gasteiger partial charge in [0.25, 0.3) is 5.69 Å². The van der Waals surface area contributed by atoms with Gasteiger partial charge in [-0.15, -0.1) is 0 Å². The zero-order chi connectivity index (χ0) is 17.3. The van der Waals surface area contributed by atoms with E-state index >= 15 is 0 Å². The standard InChI is InChI=1S/C18H18N2O4/c1-12-10-19(11-14-3-6-16(7-4-14)20(22)23)17-9-15(13(2)21)5-8-18(17)24-12/h3-9,12H,10-11H2,1-2H3. The minimum Gasteiger partial charge on any atom is -0.487 e. The van der Waals surface area contributed by atoms with Crippen molar-refractivity contribution in [1.82, 2.24) is 0 Å². The number of carbonyl (C=O) groups excluding carboxylic acids is 1. The summed E-state index contributed by atoms with van der Waals surface area (Å²) in [5, 5.41) is 10.8. The van der Waals surface area contributed by atoms with Gasteiger partial charge in [0, 0.05) is 24.2 Å². The van der Waals surface area contributed by atoms with E-state index < -0.39 is 4.92 Å². The van der Waals surface area contributed by atoms with Gasteiger partial charge in [-0.3, -0.25) is 14.9 Å². The van der Waals surface area contributed by atoms with Crippen molar-refractivity contribution in [2.24, 2.45) is 0 Å². The molecule has 6 nitrogen and oxygen atoms in total. The molecule has 1 aliphatic rings. The number of fused-ring (bicyclic) bond motifs is 1. The van der Waals surface area contributed by atoms with Gasteiger partial charge in [-0.05, 0) is 37.6 Å². The second kappa shape index (κ2) is 6.31. The summed E-state index contributed by atoms with van der Waals surface area (Å²) in [4.78, 5) is 24.1. The van der Waals surface area contributed by atoms with E-state index in [-0.39, 0.29) is 17.6 Å². The molecule has 1 atom stereocenters. The zero-order valence-corrected chi connectivity index (χ0v) is 13.6. The zero-order valence-electron chi connectivity index (χ0n) is 13.6. The lowest BCUT2D eigenvalue weighted by molar-refractivity contribution is -0.384. The predicted octanol–water partition coefficient (Wildman–Crippen LogP) is 3.58. The van der Waals surface area contributed by atoms with Crippen LogP contribution in [0.3, 0.4) is 0 Å². The van der Waals surface area contributed by atoms with Gasteiger partial charge in [-0.2, -0.15) is 0 Å². The van der Waals surface area contributed by atoms with E-state index in [0.717, 1.165) is 17.0 Å². The number of ketones is 1. The molecule has 1 aliphatic heterocycles. The number of nitrogens with zero attached hydrogens (tertiary/aromatic N) is 2. The van der Waals surface area contributed by atoms with Gasteiger partial charge in [0.15, 0.2) is 5.78 Å². The maximum Gasteiger partial charge on any atom is 0.269 e. The second-order valence-corrected chi connectivity index (χ2v) is 5.97. The molecule has 0 bridgehead atoms. The average molecular weight is 326 g/mol. The molecular weight excluding hydrogens is 308 g/mol. The fraction of sp³-hybridized carbons (Fsp3) is 0.278. The van der Waals surface area contributed by atoms with Crippen LogP contribution in [0.15, 0.2) is 42.5 Å². The van der Waals surface area contributed by atoms with Crippen molar-refractivity contribution >= 4 is 17.2 Å². The molecule has 0 fully saturated rings. The topological polar surface area (TPSA) is 72.7 Å². The van der Waals surface area contributed by atoms with Crippen molar-refractivity contribution in [2.45, 2.75) is 26.5 Å². The molecule has 3 rings (SSSR count). The number of non-ortho nitro benzene ring substituents is 1. The van der Waals surface area contributed by atoms with E-state index in [9.17, 15) is 14.9 Å². The van der Waals surface area contributed by atoms with Crippen molar-refractivity contribution in [3.8, 4) is 5.75 Å². The van der Waals surface area contributed by atoms with Crippen molar-refractivity contribution in [2.75, 3.05) is 11.4 Å². The largest absolute Gasteiger partial charge is 0.487 e. The highest BCUT2D eigenvalue weighted by atomic mass is 16.6. The van der Waals surface area contributed by atoms with Gasteiger partial charge in [0.05, 0.1) is 17.2 Å². The lowest BCUT2D eigenvalue weighted by atomic mass is 10.1. The normalized spacial score (nSPS) is 16.2. The number of nitro groups is 1. The number of ether oxygens (including phenoxy) is 1. The summed E-state index contributed by atoms with van der Waals surface area (Å²) in [6.07, 6.45) is 0.0266. The van der Waals surface area contributed by atoms with Gasteiger partial charge in [-0.25, -0.2) is 0 Å². The van der Waals surface area contributed by atoms with E-state index in [1.165, 1.54) is 19.1 Å². The van der Waals surface area contributed by atoms with E-state index in [1.54, 1.807) is 18.2 Å². The summed E-state index contributed by atoms with van der Waals surface area (Å²) in [7, 11) is 0. The first-order chi connectivity index (χ1) is 11.4. The summed E-state index contributed by atoms with van der Waals surface area (Å²) >= 11 is 0. The molecule has 0 amide bonds. The number of benzene rings is 2. The average Bonchev–Trinajstić information content (AvgIpc) is 2.54. The monoisotopic (exact) mass is 326 g/mol. The lowest BCUT2D eigenvalue weighted by Gasteiger charge is -2.35. The van der Waals surface area contributed by atoms with Gasteiger partial charge in [-0.1, -0.05) is 12.1 Å². The maximum atomic E-state index is 11.6. The van der Waals surface area contributed by atoms with Crippen molar-refractivity contribution in [3.05, 3.63) is 63.7 Å². The molecule has 0 aromatic heterocycles. The number of anilines is 1. The van der Waals surface area contributed by atoms with Crippen LogP contribution < -0.4 is 9.64 Å². The molecule has 0 saturated carbocycles. The Bertz CT molecular complexity index is 786. The third-order valence-corrected chi connectivity index (χ3v) is 4.03. The number of rotatable bonds is 4. The molecule has 2 aromatic rings. The third-order valence-electron chi connectivity index (χ3n) is 4.03. The molecule has 124 valence electrons. The molecule has 0 spiro atoms. The van der Waals surface area contributed by atoms with Crippen LogP contribution in [0.5, 0.6) is 5.75 Å². The third kappa shape index (κ3) is 3.22. The van der Waals surface area contributed by atoms with E-state index in [4.69, 9.17) is 4.74 Å². The van der Waals surface area contributed by atoms with Crippen molar-refractivity contribution in [3.63, 3.8) is 0 Å². The highest BCUT2D eigenvalue weighted by Gasteiger charge is 2.24. The molecule has 0 radical (unpaired) electrons. The van der Waals surface area contributed by atoms with E-state index in [2.05, 4.69) is 4.90 Å². The summed E-state index contributed by atoms with van der Waals surface area (Å²) < 4.78 is 5.84. The molecule has 2 aromatic carbocycles. The fourth-order valence-corrected chi connectivity index (χ4v) is 2.84. The number of hydrogen-bond acceptors (Lipinski definition) is 5. The van der Waals surface area contributed by atoms with Gasteiger partial charge >= 0.3 is 0 Å². The Hall–Kier alpha value is -2.89. The Kier molecular flexibility index (Phi) is 4.20. The minimum absolute atomic E-state index is 0.00621. The van der Waals surface area contributed by atoms with Crippen LogP contribution in [0.1, 0.15) is 29.8 Å². The Morgan fingerprint density at radius 3 is 2.62 bits per heavy atom. The van der Waals surface area contributed by atoms with Crippen molar-refractivity contribution in [1.29, 1.82) is 0 Å². The number of hydrogen-bond donors (Lipinski definition) is 0. The number of Topliss-reactive ketones (excluding diaryl/α,β-unsaturated/α-hetero) is 1. The van der Waals surface area contributed by atoms with Gasteiger partial charge < -0.3 is 9.64 Å². The number of nitro benzene ring substituents is 1. The second-order valence-electron chi connectivity index (χ2n) is 5.97. The molecule has 0 aliphatic carbocycles. The highest BCUT2D eigenvalue weighted by Crippen LogP contribution is 2.35. The predicted molar refractivity (Wildman–Crippen MR) is 90.7 cm³/mol. The summed E-state index contributed by atoms with van der Waals surface area (Å²) in [6.45, 7) is 4.81. The minimum atomic E-state index is -0.408. The Balaban J connectivity index is 1.89. The van der Waals surface area contributed by atoms with E-state index in [1.807, 2.05) is 19.1 Å². The molecular formula is C18H18N2O4. The van der Waals surface area contributed by atoms with Crippen LogP contribution >= 0.6 is 0 Å². The van der Waals surface area contributed by atoms with E-state index in [0.29, 0.717) is 18.7 Å². The van der Waals surface area contributed by atoms with Gasteiger partial charge in [0.1, 0.15) is 11.9 Å². The first-order valence-corrected chi connectivity index (χ1v) is 7.74. The van der Waals surface area contributed by atoms with Crippen LogP contribution in [-0.2, 0) is 6.54 Å². The van der Waals surface area contributed by atoms with Crippen LogP contribution in [-0.4, -0.2) is 23.4 Å². The smallest absolute Gasteiger partial charge is 0.269 e. The molecule has 0 saturated heterocycles. The van der Waals surface area contributed by atoms with Gasteiger partial charge in [0.2, 0.25) is 0 Å². The van der Waals surface area contributed by atoms with Crippen molar-refractivity contribution < 1.29 is 14.5 Å². The summed E-state index contributed by atoms with van der Waals surface area (Å²) in [5.41, 5.74) is 2.56. The summed E-state index contributed by atoms with van der Waals surface area (Å²) in [6, 6.07) is 12.0. The van der Waals surface area contributed by atoms with Crippen LogP contribution in [0.4, 0.5) is 11.4 Å². The molecule has 1 heterocycles. The Morgan fingerprint density at radius 2 is 2.00 bits per heavy atom. The first-order valence-electron chi connectivity index (χ1n) is 7.74. The molecule has 0 N–H and O–H groups in total. The Morgan fingerprint density at radius 1 is 1.29 bits per heavy atom. The Labute approximate surface area is 139 Å².